The number of aromatic amines is 1. The molecule has 0 aliphatic rings. The third kappa shape index (κ3) is 2.58. The van der Waals surface area contributed by atoms with Crippen molar-refractivity contribution in [2.45, 2.75) is 13.3 Å². The van der Waals surface area contributed by atoms with Crippen molar-refractivity contribution >= 4 is 40.1 Å². The molecule has 0 amide bonds. The summed E-state index contributed by atoms with van der Waals surface area (Å²) in [6.45, 7) is 1.99. The van der Waals surface area contributed by atoms with Crippen molar-refractivity contribution in [2.75, 3.05) is 0 Å². The molecule has 1 aromatic heterocycles. The Bertz CT molecular complexity index is 884. The number of benzene rings is 2. The van der Waals surface area contributed by atoms with Gasteiger partial charge < -0.3 is 10.1 Å². The van der Waals surface area contributed by atoms with Crippen molar-refractivity contribution < 1.29 is 9.90 Å². The molecule has 22 heavy (non-hydrogen) atoms. The Morgan fingerprint density at radius 1 is 1.23 bits per heavy atom. The number of carbonyl (C=O) groups is 1. The standard InChI is InChI=1S/C17H13Cl2NO2/c1-9-4-2-3-5-11(9)17-12(8-15(21)22)16-13(19)6-10(18)7-14(16)20-17/h2-7,20H,8H2,1H3,(H,21,22). The Labute approximate surface area is 137 Å². The molecule has 0 bridgehead atoms. The molecule has 0 atom stereocenters. The third-order valence-electron chi connectivity index (χ3n) is 3.66. The van der Waals surface area contributed by atoms with Crippen LogP contribution in [-0.4, -0.2) is 16.1 Å². The average Bonchev–Trinajstić information content (AvgIpc) is 2.77. The first kappa shape index (κ1) is 14.9. The lowest BCUT2D eigenvalue weighted by atomic mass is 9.99. The minimum Gasteiger partial charge on any atom is -0.481 e. The Kier molecular flexibility index (Phi) is 3.85. The molecule has 3 aromatic rings. The first-order chi connectivity index (χ1) is 10.5. The summed E-state index contributed by atoms with van der Waals surface area (Å²) in [6, 6.07) is 11.2. The van der Waals surface area contributed by atoms with Gasteiger partial charge in [0.05, 0.1) is 17.1 Å². The first-order valence-electron chi connectivity index (χ1n) is 6.74. The van der Waals surface area contributed by atoms with Gasteiger partial charge in [0.15, 0.2) is 0 Å². The number of aliphatic carboxylic acids is 1. The summed E-state index contributed by atoms with van der Waals surface area (Å²) >= 11 is 12.3. The van der Waals surface area contributed by atoms with Gasteiger partial charge >= 0.3 is 5.97 Å². The second kappa shape index (κ2) is 5.67. The minimum atomic E-state index is -0.901. The van der Waals surface area contributed by atoms with E-state index in [1.54, 1.807) is 12.1 Å². The lowest BCUT2D eigenvalue weighted by Crippen LogP contribution is -2.01. The van der Waals surface area contributed by atoms with Crippen molar-refractivity contribution in [1.29, 1.82) is 0 Å². The molecule has 0 fully saturated rings. The second-order valence-electron chi connectivity index (χ2n) is 5.17. The fourth-order valence-corrected chi connectivity index (χ4v) is 3.33. The molecule has 2 N–H and O–H groups in total. The van der Waals surface area contributed by atoms with Crippen LogP contribution >= 0.6 is 23.2 Å². The summed E-state index contributed by atoms with van der Waals surface area (Å²) in [5.74, 6) is -0.901. The van der Waals surface area contributed by atoms with Gasteiger partial charge in [0, 0.05) is 21.5 Å². The molecule has 2 aromatic carbocycles. The molecule has 0 aliphatic carbocycles. The summed E-state index contributed by atoms with van der Waals surface area (Å²) < 4.78 is 0. The molecule has 0 radical (unpaired) electrons. The number of aromatic nitrogens is 1. The number of aryl methyl sites for hydroxylation is 1. The number of fused-ring (bicyclic) bond motifs is 1. The SMILES string of the molecule is Cc1ccccc1-c1[nH]c2cc(Cl)cc(Cl)c2c1CC(=O)O. The normalized spacial score (nSPS) is 11.0. The summed E-state index contributed by atoms with van der Waals surface area (Å²) in [6.07, 6.45) is -0.106. The molecule has 0 aliphatic heterocycles. The number of H-pyrrole nitrogens is 1. The zero-order valence-corrected chi connectivity index (χ0v) is 13.3. The summed E-state index contributed by atoms with van der Waals surface area (Å²) in [4.78, 5) is 14.6. The molecule has 3 rings (SSSR count). The van der Waals surface area contributed by atoms with Crippen LogP contribution in [0.25, 0.3) is 22.2 Å². The summed E-state index contributed by atoms with van der Waals surface area (Å²) in [7, 11) is 0. The Balaban J connectivity index is 2.36. The Morgan fingerprint density at radius 3 is 2.64 bits per heavy atom. The van der Waals surface area contributed by atoms with E-state index < -0.39 is 5.97 Å². The molecular formula is C17H13Cl2NO2. The van der Waals surface area contributed by atoms with Gasteiger partial charge in [0.1, 0.15) is 0 Å². The molecule has 0 saturated heterocycles. The van der Waals surface area contributed by atoms with Crippen molar-refractivity contribution in [3.63, 3.8) is 0 Å². The first-order valence-corrected chi connectivity index (χ1v) is 7.50. The van der Waals surface area contributed by atoms with Crippen LogP contribution in [0.15, 0.2) is 36.4 Å². The van der Waals surface area contributed by atoms with Crippen molar-refractivity contribution in [2.24, 2.45) is 0 Å². The Morgan fingerprint density at radius 2 is 1.95 bits per heavy atom. The van der Waals surface area contributed by atoms with Crippen LogP contribution in [0.4, 0.5) is 0 Å². The molecule has 0 spiro atoms. The van der Waals surface area contributed by atoms with Gasteiger partial charge in [-0.25, -0.2) is 0 Å². The van der Waals surface area contributed by atoms with Crippen molar-refractivity contribution in [3.8, 4) is 11.3 Å². The number of rotatable bonds is 3. The van der Waals surface area contributed by atoms with Gasteiger partial charge in [-0.05, 0) is 30.2 Å². The molecule has 3 nitrogen and oxygen atoms in total. The van der Waals surface area contributed by atoms with Gasteiger partial charge in [0.2, 0.25) is 0 Å². The van der Waals surface area contributed by atoms with E-state index in [1.165, 1.54) is 0 Å². The topological polar surface area (TPSA) is 53.1 Å². The molecule has 0 unspecified atom stereocenters. The second-order valence-corrected chi connectivity index (χ2v) is 6.02. The lowest BCUT2D eigenvalue weighted by molar-refractivity contribution is -0.136. The molecular weight excluding hydrogens is 321 g/mol. The van der Waals surface area contributed by atoms with Gasteiger partial charge in [-0.15, -0.1) is 0 Å². The highest BCUT2D eigenvalue weighted by Crippen LogP contribution is 2.37. The monoisotopic (exact) mass is 333 g/mol. The van der Waals surface area contributed by atoms with E-state index in [4.69, 9.17) is 23.2 Å². The quantitative estimate of drug-likeness (QED) is 0.702. The number of carboxylic acid groups (broad SMARTS) is 1. The van der Waals surface area contributed by atoms with Gasteiger partial charge in [-0.2, -0.15) is 0 Å². The molecule has 112 valence electrons. The Hall–Kier alpha value is -1.97. The van der Waals surface area contributed by atoms with E-state index >= 15 is 0 Å². The van der Waals surface area contributed by atoms with Crippen LogP contribution in [0.5, 0.6) is 0 Å². The lowest BCUT2D eigenvalue weighted by Gasteiger charge is -2.06. The zero-order valence-electron chi connectivity index (χ0n) is 11.8. The van der Waals surface area contributed by atoms with E-state index in [1.807, 2.05) is 31.2 Å². The molecule has 0 saturated carbocycles. The molecule has 1 heterocycles. The van der Waals surface area contributed by atoms with Crippen LogP contribution < -0.4 is 0 Å². The maximum atomic E-state index is 11.3. The van der Waals surface area contributed by atoms with E-state index in [0.717, 1.165) is 22.3 Å². The minimum absolute atomic E-state index is 0.106. The average molecular weight is 334 g/mol. The van der Waals surface area contributed by atoms with Crippen LogP contribution in [0.2, 0.25) is 10.0 Å². The fraction of sp³-hybridized carbons (Fsp3) is 0.118. The number of carboxylic acids is 1. The smallest absolute Gasteiger partial charge is 0.307 e. The van der Waals surface area contributed by atoms with E-state index in [-0.39, 0.29) is 6.42 Å². The van der Waals surface area contributed by atoms with E-state index in [9.17, 15) is 9.90 Å². The van der Waals surface area contributed by atoms with Gasteiger partial charge in [-0.1, -0.05) is 47.5 Å². The number of halogens is 2. The third-order valence-corrected chi connectivity index (χ3v) is 4.18. The number of nitrogens with one attached hydrogen (secondary N) is 1. The number of hydrogen-bond donors (Lipinski definition) is 2. The van der Waals surface area contributed by atoms with Crippen LogP contribution in [0.3, 0.4) is 0 Å². The van der Waals surface area contributed by atoms with Gasteiger partial charge in [0.25, 0.3) is 0 Å². The van der Waals surface area contributed by atoms with Crippen LogP contribution in [0.1, 0.15) is 11.1 Å². The van der Waals surface area contributed by atoms with E-state index in [0.29, 0.717) is 21.0 Å². The fourth-order valence-electron chi connectivity index (χ4n) is 2.73. The summed E-state index contributed by atoms with van der Waals surface area (Å²) in [5.41, 5.74) is 4.22. The number of hydrogen-bond acceptors (Lipinski definition) is 1. The van der Waals surface area contributed by atoms with Gasteiger partial charge in [-0.3, -0.25) is 4.79 Å². The van der Waals surface area contributed by atoms with E-state index in [2.05, 4.69) is 4.98 Å². The van der Waals surface area contributed by atoms with Crippen LogP contribution in [0, 0.1) is 6.92 Å². The predicted molar refractivity (Wildman–Crippen MR) is 89.8 cm³/mol. The highest BCUT2D eigenvalue weighted by atomic mass is 35.5. The highest BCUT2D eigenvalue weighted by Gasteiger charge is 2.19. The largest absolute Gasteiger partial charge is 0.481 e. The maximum absolute atomic E-state index is 11.3. The van der Waals surface area contributed by atoms with Crippen molar-refractivity contribution in [3.05, 3.63) is 57.6 Å². The van der Waals surface area contributed by atoms with Crippen LogP contribution in [-0.2, 0) is 11.2 Å². The zero-order chi connectivity index (χ0) is 15.9. The summed E-state index contributed by atoms with van der Waals surface area (Å²) in [5, 5.41) is 10.9. The highest BCUT2D eigenvalue weighted by molar-refractivity contribution is 6.39. The molecule has 5 heteroatoms. The predicted octanol–water partition coefficient (Wildman–Crippen LogP) is 5.08. The van der Waals surface area contributed by atoms with Crippen molar-refractivity contribution in [1.82, 2.24) is 4.98 Å². The maximum Gasteiger partial charge on any atom is 0.307 e.